The molecule has 1 fully saturated rings. The molecule has 1 aromatic heterocycles. The standard InChI is InChI=1S/C21H23N3O6S2/c1-3-9-24-16-8-7-15(20(27)30-4-2)12-17(16)31-21(24)22-18(25)13-32(28,29)14-19(26)23-10-5-6-11-23/h1,7-8,12H,4-6,9-11,13-14H2,2H3. The van der Waals surface area contributed by atoms with Gasteiger partial charge in [0.15, 0.2) is 14.6 Å². The summed E-state index contributed by atoms with van der Waals surface area (Å²) in [6.45, 7) is 3.12. The molecule has 1 saturated heterocycles. The molecule has 2 heterocycles. The number of hydrogen-bond acceptors (Lipinski definition) is 7. The largest absolute Gasteiger partial charge is 0.462 e. The number of fused-ring (bicyclic) bond motifs is 1. The van der Waals surface area contributed by atoms with Gasteiger partial charge in [-0.2, -0.15) is 4.99 Å². The predicted molar refractivity (Wildman–Crippen MR) is 120 cm³/mol. The van der Waals surface area contributed by atoms with Crippen LogP contribution in [0.15, 0.2) is 23.2 Å². The van der Waals surface area contributed by atoms with Crippen molar-refractivity contribution in [1.29, 1.82) is 0 Å². The molecule has 0 saturated carbocycles. The lowest BCUT2D eigenvalue weighted by Crippen LogP contribution is -2.35. The van der Waals surface area contributed by atoms with E-state index in [-0.39, 0.29) is 18.0 Å². The lowest BCUT2D eigenvalue weighted by molar-refractivity contribution is -0.127. The molecule has 1 aliphatic rings. The van der Waals surface area contributed by atoms with E-state index in [0.717, 1.165) is 24.2 Å². The Hall–Kier alpha value is -2.97. The van der Waals surface area contributed by atoms with Crippen molar-refractivity contribution in [2.45, 2.75) is 26.3 Å². The average Bonchev–Trinajstić information content (AvgIpc) is 3.36. The highest BCUT2D eigenvalue weighted by atomic mass is 32.2. The fourth-order valence-corrected chi connectivity index (χ4v) is 5.56. The highest BCUT2D eigenvalue weighted by molar-refractivity contribution is 7.92. The van der Waals surface area contributed by atoms with Gasteiger partial charge >= 0.3 is 5.97 Å². The highest BCUT2D eigenvalue weighted by Crippen LogP contribution is 2.20. The van der Waals surface area contributed by atoms with E-state index in [1.807, 2.05) is 0 Å². The van der Waals surface area contributed by atoms with Crippen molar-refractivity contribution in [1.82, 2.24) is 9.47 Å². The number of sulfone groups is 1. The molecule has 1 aliphatic heterocycles. The normalized spacial score (nSPS) is 14.5. The van der Waals surface area contributed by atoms with E-state index in [9.17, 15) is 22.8 Å². The summed E-state index contributed by atoms with van der Waals surface area (Å²) in [6.07, 6.45) is 7.13. The van der Waals surface area contributed by atoms with Crippen LogP contribution in [0, 0.1) is 12.3 Å². The topological polar surface area (TPSA) is 115 Å². The van der Waals surface area contributed by atoms with Gasteiger partial charge in [-0.3, -0.25) is 9.59 Å². The number of carbonyl (C=O) groups is 3. The monoisotopic (exact) mass is 477 g/mol. The van der Waals surface area contributed by atoms with Gasteiger partial charge in [-0.05, 0) is 38.0 Å². The zero-order chi connectivity index (χ0) is 23.3. The van der Waals surface area contributed by atoms with Crippen LogP contribution in [0.3, 0.4) is 0 Å². The lowest BCUT2D eigenvalue weighted by Gasteiger charge is -2.14. The lowest BCUT2D eigenvalue weighted by atomic mass is 10.2. The van der Waals surface area contributed by atoms with Crippen LogP contribution in [0.25, 0.3) is 10.2 Å². The van der Waals surface area contributed by atoms with Crippen LogP contribution >= 0.6 is 11.3 Å². The number of ether oxygens (including phenoxy) is 1. The Bertz CT molecular complexity index is 1260. The van der Waals surface area contributed by atoms with Gasteiger partial charge in [0.25, 0.3) is 5.91 Å². The molecule has 0 unspecified atom stereocenters. The number of terminal acetylenes is 1. The molecule has 11 heteroatoms. The fourth-order valence-electron chi connectivity index (χ4n) is 3.37. The number of hydrogen-bond donors (Lipinski definition) is 0. The number of carbonyl (C=O) groups excluding carboxylic acids is 3. The molecule has 170 valence electrons. The number of thiazole rings is 1. The van der Waals surface area contributed by atoms with Crippen molar-refractivity contribution in [2.75, 3.05) is 31.2 Å². The van der Waals surface area contributed by atoms with Crippen LogP contribution in [-0.2, 0) is 30.7 Å². The quantitative estimate of drug-likeness (QED) is 0.434. The summed E-state index contributed by atoms with van der Waals surface area (Å²) < 4.78 is 31.9. The van der Waals surface area contributed by atoms with Gasteiger partial charge in [-0.1, -0.05) is 17.3 Å². The maximum atomic E-state index is 12.4. The third-order valence-electron chi connectivity index (χ3n) is 4.81. The van der Waals surface area contributed by atoms with E-state index in [1.165, 1.54) is 4.90 Å². The minimum absolute atomic E-state index is 0.102. The van der Waals surface area contributed by atoms with Crippen LogP contribution in [0.4, 0.5) is 0 Å². The second kappa shape index (κ2) is 10.1. The van der Waals surface area contributed by atoms with Crippen molar-refractivity contribution in [3.8, 4) is 12.3 Å². The van der Waals surface area contributed by atoms with Gasteiger partial charge in [0.2, 0.25) is 5.91 Å². The number of amides is 2. The van der Waals surface area contributed by atoms with Crippen LogP contribution in [0.2, 0.25) is 0 Å². The molecular formula is C21H23N3O6S2. The van der Waals surface area contributed by atoms with Gasteiger partial charge in [0.1, 0.15) is 11.5 Å². The Morgan fingerprint density at radius 3 is 2.59 bits per heavy atom. The molecular weight excluding hydrogens is 454 g/mol. The molecule has 0 N–H and O–H groups in total. The molecule has 0 aliphatic carbocycles. The van der Waals surface area contributed by atoms with Gasteiger partial charge in [0.05, 0.1) is 28.9 Å². The van der Waals surface area contributed by atoms with Crippen molar-refractivity contribution in [3.05, 3.63) is 28.6 Å². The van der Waals surface area contributed by atoms with Crippen molar-refractivity contribution in [3.63, 3.8) is 0 Å². The first-order valence-electron chi connectivity index (χ1n) is 10.0. The second-order valence-corrected chi connectivity index (χ2v) is 10.3. The van der Waals surface area contributed by atoms with Crippen LogP contribution < -0.4 is 4.80 Å². The van der Waals surface area contributed by atoms with Crippen LogP contribution in [0.5, 0.6) is 0 Å². The first-order chi connectivity index (χ1) is 15.2. The summed E-state index contributed by atoms with van der Waals surface area (Å²) in [5, 5.41) is 0. The Kier molecular flexibility index (Phi) is 7.48. The van der Waals surface area contributed by atoms with Gasteiger partial charge in [-0.25, -0.2) is 13.2 Å². The zero-order valence-corrected chi connectivity index (χ0v) is 19.2. The Labute approximate surface area is 189 Å². The Morgan fingerprint density at radius 1 is 1.22 bits per heavy atom. The second-order valence-electron chi connectivity index (χ2n) is 7.20. The first kappa shape index (κ1) is 23.7. The minimum atomic E-state index is -3.96. The number of benzene rings is 1. The van der Waals surface area contributed by atoms with E-state index in [2.05, 4.69) is 10.9 Å². The number of esters is 1. The molecule has 2 amide bonds. The maximum Gasteiger partial charge on any atom is 0.338 e. The molecule has 0 bridgehead atoms. The predicted octanol–water partition coefficient (Wildman–Crippen LogP) is 0.977. The molecule has 0 atom stereocenters. The summed E-state index contributed by atoms with van der Waals surface area (Å²) in [4.78, 5) is 42.2. The van der Waals surface area contributed by atoms with Crippen molar-refractivity contribution >= 4 is 49.2 Å². The highest BCUT2D eigenvalue weighted by Gasteiger charge is 2.26. The maximum absolute atomic E-state index is 12.4. The third kappa shape index (κ3) is 5.63. The number of nitrogens with zero attached hydrogens (tertiary/aromatic N) is 3. The van der Waals surface area contributed by atoms with Gasteiger partial charge < -0.3 is 14.2 Å². The summed E-state index contributed by atoms with van der Waals surface area (Å²) >= 11 is 1.10. The fraction of sp³-hybridized carbons (Fsp3) is 0.429. The average molecular weight is 478 g/mol. The molecule has 32 heavy (non-hydrogen) atoms. The van der Waals surface area contributed by atoms with Crippen molar-refractivity contribution in [2.24, 2.45) is 4.99 Å². The van der Waals surface area contributed by atoms with E-state index in [0.29, 0.717) is 28.9 Å². The van der Waals surface area contributed by atoms with Gasteiger partial charge in [0, 0.05) is 13.1 Å². The molecule has 1 aromatic carbocycles. The number of likely N-dealkylation sites (tertiary alicyclic amines) is 1. The number of rotatable bonds is 7. The summed E-state index contributed by atoms with van der Waals surface area (Å²) in [7, 11) is -3.96. The summed E-state index contributed by atoms with van der Waals surface area (Å²) in [5.41, 5.74) is 0.994. The van der Waals surface area contributed by atoms with E-state index in [1.54, 1.807) is 29.7 Å². The van der Waals surface area contributed by atoms with Gasteiger partial charge in [-0.15, -0.1) is 6.42 Å². The zero-order valence-electron chi connectivity index (χ0n) is 17.6. The summed E-state index contributed by atoms with van der Waals surface area (Å²) in [5.74, 6) is -0.965. The molecule has 9 nitrogen and oxygen atoms in total. The molecule has 0 radical (unpaired) electrons. The summed E-state index contributed by atoms with van der Waals surface area (Å²) in [6, 6.07) is 4.87. The number of aromatic nitrogens is 1. The molecule has 2 aromatic rings. The van der Waals surface area contributed by atoms with Crippen molar-refractivity contribution < 1.29 is 27.5 Å². The van der Waals surface area contributed by atoms with E-state index >= 15 is 0 Å². The Balaban J connectivity index is 1.86. The van der Waals surface area contributed by atoms with E-state index < -0.39 is 39.1 Å². The third-order valence-corrected chi connectivity index (χ3v) is 7.22. The first-order valence-corrected chi connectivity index (χ1v) is 12.7. The molecule has 0 spiro atoms. The van der Waals surface area contributed by atoms with Crippen LogP contribution in [0.1, 0.15) is 30.1 Å². The smallest absolute Gasteiger partial charge is 0.338 e. The molecule has 3 rings (SSSR count). The minimum Gasteiger partial charge on any atom is -0.462 e. The Morgan fingerprint density at radius 2 is 1.94 bits per heavy atom. The van der Waals surface area contributed by atoms with E-state index in [4.69, 9.17) is 11.2 Å². The SMILES string of the molecule is C#CCn1c(=NC(=O)CS(=O)(=O)CC(=O)N2CCCC2)sc2cc(C(=O)OCC)ccc21. The van der Waals surface area contributed by atoms with Crippen LogP contribution in [-0.4, -0.2) is 66.9 Å².